The number of halogens is 13. The smallest absolute Gasteiger partial charge is 0.399 e. The first kappa shape index (κ1) is 87.7. The molecule has 8 atom stereocenters. The molecule has 0 radical (unpaired) electrons. The molecule has 2 aromatic carbocycles. The Hall–Kier alpha value is -6.26. The van der Waals surface area contributed by atoms with Gasteiger partial charge in [0.15, 0.2) is 0 Å². The maximum absolute atomic E-state index is 14.2. The van der Waals surface area contributed by atoms with E-state index in [1.165, 1.54) is 15.9 Å². The van der Waals surface area contributed by atoms with Crippen LogP contribution in [0, 0.1) is 35.2 Å². The molecule has 5 aromatic rings. The van der Waals surface area contributed by atoms with Gasteiger partial charge in [0.2, 0.25) is 5.95 Å². The van der Waals surface area contributed by atoms with E-state index < -0.39 is 110 Å². The number of aliphatic hydroxyl groups excluding tert-OH is 3. The lowest BCUT2D eigenvalue weighted by Gasteiger charge is -2.32. The summed E-state index contributed by atoms with van der Waals surface area (Å²) in [7, 11) is -0.556. The number of anilines is 7. The van der Waals surface area contributed by atoms with Crippen LogP contribution in [0.2, 0.25) is 5.02 Å². The van der Waals surface area contributed by atoms with Crippen LogP contribution < -0.4 is 45.9 Å². The van der Waals surface area contributed by atoms with Gasteiger partial charge in [-0.15, -0.1) is 12.4 Å². The molecule has 23 nitrogen and oxygen atoms in total. The number of aryl methyl sites for hydroxylation is 2. The second-order valence-electron chi connectivity index (χ2n) is 29.4. The highest BCUT2D eigenvalue weighted by Crippen LogP contribution is 2.39. The number of hydrogen-bond acceptors (Lipinski definition) is 19. The number of urea groups is 2. The Kier molecular flexibility index (Phi) is 30.9. The van der Waals surface area contributed by atoms with Gasteiger partial charge in [0.05, 0.1) is 70.0 Å². The van der Waals surface area contributed by atoms with Gasteiger partial charge in [-0.05, 0) is 166 Å². The Balaban J connectivity index is 0.000000172. The Labute approximate surface area is 659 Å². The van der Waals surface area contributed by atoms with E-state index in [9.17, 15) is 63.7 Å². The normalized spacial score (nSPS) is 24.5. The third-order valence-electron chi connectivity index (χ3n) is 20.5. The quantitative estimate of drug-likeness (QED) is 0.0312. The van der Waals surface area contributed by atoms with E-state index in [0.29, 0.717) is 126 Å². The zero-order valence-corrected chi connectivity index (χ0v) is 65.9. The predicted octanol–water partition coefficient (Wildman–Crippen LogP) is 10.8. The summed E-state index contributed by atoms with van der Waals surface area (Å²) in [6.07, 6.45) is -15.9. The van der Waals surface area contributed by atoms with Crippen molar-refractivity contribution in [3.63, 3.8) is 0 Å². The topological polar surface area (TPSA) is 238 Å². The van der Waals surface area contributed by atoms with E-state index in [1.807, 2.05) is 88.9 Å². The standard InChI is InChI=1S/C27H33F4N5O3.C20H28BF3N2O3.C13H17FIN3O2.C9H10ClFN2O.C4H8FNO.ClH/c1-17-2-3-20(32-26(38)35-5-4-18(14-35)13-27(29,30)31)12-21(17)19-10-24(34-6-8-39-9-7-34)33-25(11-19)36-15-22(28)23(37)16-36;1-13-6-7-15(10-16(13)21-28-18(2,3)19(4,5)29-21)25-17(27)26-9-8-14(12-26)11-20(22,23)24;14-10-7-18(8-11(10)19)13-6-9(15)5-12(16-13)17-1-3-20-4-2-17;10-7-5-8(11)12-9(6-7)13-1-3-14-4-2-13;5-3-1-6-2-4(3)7;/h2-3,10-12,18,22-23,37H,4-9,13-16H2,1H3,(H,32,38);6-7,10,14H,8-9,11-12H2,1-5H3,(H,25,27);5-6,10-11,19H,1-4,7-8H2;5-6H,1-4H2;3-4,6-7H,1-2H2;1H/t18-,22-,23-;14-;10-,11-;;3-,4-;/m000.0./s1. The Morgan fingerprint density at radius 3 is 1.37 bits per heavy atom. The summed E-state index contributed by atoms with van der Waals surface area (Å²) in [5.74, 6) is 1.80. The molecule has 608 valence electrons. The number of nitrogens with zero attached hydrogens (tertiary/aromatic N) is 10. The van der Waals surface area contributed by atoms with Crippen LogP contribution in [0.3, 0.4) is 0 Å². The fraction of sp³-hybridized carbons (Fsp3) is 0.603. The molecular weight excluding hydrogens is 1620 g/mol. The fourth-order valence-corrected chi connectivity index (χ4v) is 14.4. The molecule has 12 heterocycles. The van der Waals surface area contributed by atoms with E-state index in [4.69, 9.17) is 45.2 Å². The molecule has 0 bridgehead atoms. The molecule has 0 spiro atoms. The molecule has 110 heavy (non-hydrogen) atoms. The van der Waals surface area contributed by atoms with Gasteiger partial charge in [0, 0.05) is 131 Å². The molecule has 9 saturated heterocycles. The molecule has 0 saturated carbocycles. The lowest BCUT2D eigenvalue weighted by Crippen LogP contribution is -2.41. The minimum Gasteiger partial charge on any atom is -0.399 e. The van der Waals surface area contributed by atoms with Crippen LogP contribution >= 0.6 is 46.6 Å². The van der Waals surface area contributed by atoms with Crippen LogP contribution in [0.4, 0.5) is 94.0 Å². The molecule has 14 rings (SSSR count). The highest BCUT2D eigenvalue weighted by atomic mass is 127. The van der Waals surface area contributed by atoms with Crippen LogP contribution in [0.15, 0.2) is 72.8 Å². The number of aliphatic hydroxyl groups is 3. The fourth-order valence-electron chi connectivity index (χ4n) is 13.6. The van der Waals surface area contributed by atoms with Crippen molar-refractivity contribution in [1.82, 2.24) is 30.1 Å². The maximum atomic E-state index is 14.2. The van der Waals surface area contributed by atoms with Gasteiger partial charge in [-0.1, -0.05) is 29.3 Å². The maximum Gasteiger partial charge on any atom is 0.495 e. The average Bonchev–Trinajstić information content (AvgIpc) is 1.58. The summed E-state index contributed by atoms with van der Waals surface area (Å²) in [5, 5.41) is 36.8. The lowest BCUT2D eigenvalue weighted by molar-refractivity contribution is -0.144. The van der Waals surface area contributed by atoms with E-state index in [0.717, 1.165) is 69.1 Å². The predicted molar refractivity (Wildman–Crippen MR) is 413 cm³/mol. The number of rotatable bonds is 11. The number of nitrogens with one attached hydrogen (secondary N) is 3. The average molecular weight is 1720 g/mol. The Morgan fingerprint density at radius 2 is 0.973 bits per heavy atom. The van der Waals surface area contributed by atoms with Gasteiger partial charge in [0.1, 0.15) is 59.8 Å². The van der Waals surface area contributed by atoms with Crippen molar-refractivity contribution in [3.8, 4) is 11.1 Å². The molecule has 9 fully saturated rings. The second-order valence-corrected chi connectivity index (χ2v) is 31.1. The number of β-amino-alcohol motifs (C(OH)–C–C–N with tert-alkyl or cyclic N) is 3. The van der Waals surface area contributed by atoms with Crippen molar-refractivity contribution < 1.29 is 92.3 Å². The molecule has 6 N–H and O–H groups in total. The van der Waals surface area contributed by atoms with Crippen molar-refractivity contribution in [2.45, 2.75) is 128 Å². The van der Waals surface area contributed by atoms with Crippen LogP contribution in [0.5, 0.6) is 0 Å². The lowest BCUT2D eigenvalue weighted by atomic mass is 9.76. The van der Waals surface area contributed by atoms with Crippen LogP contribution in [-0.4, -0.2) is 264 Å². The number of carbonyl (C=O) groups is 2. The molecular formula is C73H97BCl2F10IN13O10. The monoisotopic (exact) mass is 1710 g/mol. The van der Waals surface area contributed by atoms with Gasteiger partial charge in [-0.2, -0.15) is 30.7 Å². The zero-order chi connectivity index (χ0) is 78.7. The first-order valence-electron chi connectivity index (χ1n) is 36.5. The van der Waals surface area contributed by atoms with E-state index >= 15 is 0 Å². The SMILES string of the molecule is Cc1ccc(NC(=O)N2CC[C@@H](CC(F)(F)F)C2)cc1-c1cc(N2CCOCC2)nc(N2C[C@H](O)[C@@H](F)C2)c1.Cc1ccc(NC(=O)N2CC[C@@H](CC(F)(F)F)C2)cc1B1OC(C)(C)C(C)(C)O1.Cl.Fc1cc(Cl)cc(N2CCOCC2)n1.O[C@H]1CN(c2cc(I)cc(N3CCOCC3)n2)C[C@@H]1F.O[C@H]1CNC[C@@H]1F. The highest BCUT2D eigenvalue weighted by molar-refractivity contribution is 14.1. The van der Waals surface area contributed by atoms with Crippen molar-refractivity contribution in [2.24, 2.45) is 11.8 Å². The summed E-state index contributed by atoms with van der Waals surface area (Å²) in [4.78, 5) is 51.2. The van der Waals surface area contributed by atoms with Crippen molar-refractivity contribution in [1.29, 1.82) is 0 Å². The number of ether oxygens (including phenoxy) is 3. The number of alkyl halides is 9. The largest absolute Gasteiger partial charge is 0.495 e. The van der Waals surface area contributed by atoms with Gasteiger partial charge >= 0.3 is 31.5 Å². The van der Waals surface area contributed by atoms with E-state index in [-0.39, 0.29) is 51.7 Å². The van der Waals surface area contributed by atoms with Gasteiger partial charge in [-0.3, -0.25) is 0 Å². The number of hydrogen-bond donors (Lipinski definition) is 6. The first-order valence-corrected chi connectivity index (χ1v) is 38.0. The summed E-state index contributed by atoms with van der Waals surface area (Å²) < 4.78 is 158. The van der Waals surface area contributed by atoms with Crippen LogP contribution in [0.25, 0.3) is 11.1 Å². The Bertz CT molecular complexity index is 3800. The van der Waals surface area contributed by atoms with Gasteiger partial charge in [0.25, 0.3) is 0 Å². The third-order valence-corrected chi connectivity index (χ3v) is 21.4. The molecule has 9 aliphatic rings. The number of pyridine rings is 3. The number of carbonyl (C=O) groups excluding carboxylic acids is 2. The van der Waals surface area contributed by atoms with E-state index in [2.05, 4.69) is 58.3 Å². The minimum absolute atomic E-state index is 0. The number of likely N-dealkylation sites (tertiary alicyclic amines) is 2. The number of aromatic nitrogens is 3. The molecule has 0 aliphatic carbocycles. The van der Waals surface area contributed by atoms with E-state index in [1.54, 1.807) is 34.1 Å². The van der Waals surface area contributed by atoms with Crippen LogP contribution in [0.1, 0.15) is 64.5 Å². The summed E-state index contributed by atoms with van der Waals surface area (Å²) in [5.41, 5.74) is 4.49. The minimum atomic E-state index is -4.25. The van der Waals surface area contributed by atoms with Crippen molar-refractivity contribution in [2.75, 3.05) is 179 Å². The molecule has 9 aliphatic heterocycles. The number of benzene rings is 2. The van der Waals surface area contributed by atoms with Gasteiger partial charge < -0.3 is 89.1 Å². The zero-order valence-electron chi connectivity index (χ0n) is 62.1. The second kappa shape index (κ2) is 38.7. The highest BCUT2D eigenvalue weighted by Gasteiger charge is 2.52. The molecule has 4 amide bonds. The van der Waals surface area contributed by atoms with Crippen LogP contribution in [-0.2, 0) is 23.5 Å². The number of morpholine rings is 3. The van der Waals surface area contributed by atoms with Crippen molar-refractivity contribution >= 4 is 112 Å². The molecule has 37 heteroatoms. The summed E-state index contributed by atoms with van der Waals surface area (Å²) >= 11 is 7.97. The first-order chi connectivity index (χ1) is 51.5. The molecule has 0 unspecified atom stereocenters. The Morgan fingerprint density at radius 1 is 0.555 bits per heavy atom. The van der Waals surface area contributed by atoms with Crippen molar-refractivity contribution in [3.05, 3.63) is 98.5 Å². The molecule has 3 aromatic heterocycles. The summed E-state index contributed by atoms with van der Waals surface area (Å²) in [6.45, 7) is 22.2. The number of amides is 4. The summed E-state index contributed by atoms with van der Waals surface area (Å²) in [6, 6.07) is 20.7. The van der Waals surface area contributed by atoms with Gasteiger partial charge in [-0.25, -0.2) is 37.7 Å². The third kappa shape index (κ3) is 24.6.